The summed E-state index contributed by atoms with van der Waals surface area (Å²) >= 11 is 1.79. The molecule has 0 bridgehead atoms. The van der Waals surface area contributed by atoms with Gasteiger partial charge in [-0.2, -0.15) is 0 Å². The van der Waals surface area contributed by atoms with E-state index < -0.39 is 0 Å². The number of rotatable bonds is 1. The van der Waals surface area contributed by atoms with Gasteiger partial charge in [0.1, 0.15) is 0 Å². The number of carbonyl (C=O) groups excluding carboxylic acids is 1. The van der Waals surface area contributed by atoms with E-state index in [0.717, 1.165) is 24.6 Å². The minimum absolute atomic E-state index is 0.0671. The highest BCUT2D eigenvalue weighted by Gasteiger charge is 2.24. The topological polar surface area (TPSA) is 29.5 Å². The Morgan fingerprint density at radius 1 is 1.67 bits per heavy atom. The highest BCUT2D eigenvalue weighted by Crippen LogP contribution is 2.18. The Balaban J connectivity index is 1.98. The number of ether oxygens (including phenoxy) is 1. The van der Waals surface area contributed by atoms with E-state index in [2.05, 4.69) is 0 Å². The number of nitrogens with zero attached hydrogens (tertiary/aromatic N) is 1. The van der Waals surface area contributed by atoms with Crippen molar-refractivity contribution in [3.05, 3.63) is 11.8 Å². The van der Waals surface area contributed by atoms with Crippen LogP contribution in [0.4, 0.5) is 0 Å². The van der Waals surface area contributed by atoms with Crippen molar-refractivity contribution in [1.82, 2.24) is 4.90 Å². The van der Waals surface area contributed by atoms with Crippen LogP contribution in [0, 0.1) is 0 Å². The van der Waals surface area contributed by atoms with Crippen molar-refractivity contribution in [2.24, 2.45) is 0 Å². The molecule has 1 amide bonds. The largest absolute Gasteiger partial charge is 0.488 e. The van der Waals surface area contributed by atoms with Crippen LogP contribution in [0.5, 0.6) is 0 Å². The number of carbonyl (C=O) groups is 1. The molecule has 0 saturated carbocycles. The van der Waals surface area contributed by atoms with Crippen LogP contribution in [0.1, 0.15) is 6.42 Å². The third-order valence-electron chi connectivity index (χ3n) is 1.96. The van der Waals surface area contributed by atoms with Gasteiger partial charge in [-0.1, -0.05) is 0 Å². The van der Waals surface area contributed by atoms with Gasteiger partial charge in [0, 0.05) is 18.7 Å². The molecule has 0 spiro atoms. The third kappa shape index (κ3) is 1.43. The Labute approximate surface area is 75.8 Å². The fourth-order valence-corrected chi connectivity index (χ4v) is 2.24. The first kappa shape index (κ1) is 7.98. The average molecular weight is 185 g/mol. The second kappa shape index (κ2) is 3.39. The lowest BCUT2D eigenvalue weighted by atomic mass is 10.4. The van der Waals surface area contributed by atoms with Crippen molar-refractivity contribution >= 4 is 17.7 Å². The predicted molar refractivity (Wildman–Crippen MR) is 47.7 cm³/mol. The van der Waals surface area contributed by atoms with Crippen LogP contribution < -0.4 is 0 Å². The minimum atomic E-state index is 0.0671. The fourth-order valence-electron chi connectivity index (χ4n) is 1.30. The van der Waals surface area contributed by atoms with Gasteiger partial charge in [0.25, 0.3) is 5.91 Å². The molecule has 0 N–H and O–H groups in total. The summed E-state index contributed by atoms with van der Waals surface area (Å²) in [6, 6.07) is 0. The van der Waals surface area contributed by atoms with Crippen molar-refractivity contribution < 1.29 is 9.53 Å². The summed E-state index contributed by atoms with van der Waals surface area (Å²) in [5.41, 5.74) is 0. The Kier molecular flexibility index (Phi) is 2.26. The first-order valence-electron chi connectivity index (χ1n) is 4.08. The first-order valence-corrected chi connectivity index (χ1v) is 5.23. The van der Waals surface area contributed by atoms with Crippen LogP contribution in [0.15, 0.2) is 11.8 Å². The Morgan fingerprint density at radius 3 is 3.17 bits per heavy atom. The lowest BCUT2D eigenvalue weighted by Gasteiger charge is -2.14. The maximum atomic E-state index is 11.6. The van der Waals surface area contributed by atoms with Crippen LogP contribution in [0.25, 0.3) is 0 Å². The second-order valence-electron chi connectivity index (χ2n) is 2.81. The number of hydrogen-bond donors (Lipinski definition) is 0. The molecular weight excluding hydrogens is 174 g/mol. The Morgan fingerprint density at radius 2 is 2.58 bits per heavy atom. The molecule has 0 aromatic rings. The molecule has 3 nitrogen and oxygen atoms in total. The van der Waals surface area contributed by atoms with Gasteiger partial charge in [0.05, 0.1) is 12.5 Å². The molecular formula is C8H11NO2S. The molecule has 1 saturated heterocycles. The summed E-state index contributed by atoms with van der Waals surface area (Å²) in [6.07, 6.45) is 2.76. The summed E-state index contributed by atoms with van der Waals surface area (Å²) in [4.78, 5) is 13.4. The van der Waals surface area contributed by atoms with Crippen LogP contribution in [0.3, 0.4) is 0 Å². The van der Waals surface area contributed by atoms with Gasteiger partial charge in [0.2, 0.25) is 0 Å². The van der Waals surface area contributed by atoms with Gasteiger partial charge in [-0.25, -0.2) is 0 Å². The summed E-state index contributed by atoms with van der Waals surface area (Å²) in [6.45, 7) is 1.53. The lowest BCUT2D eigenvalue weighted by Crippen LogP contribution is -2.29. The van der Waals surface area contributed by atoms with Crippen LogP contribution in [-0.2, 0) is 9.53 Å². The van der Waals surface area contributed by atoms with Gasteiger partial charge in [-0.15, -0.1) is 11.8 Å². The monoisotopic (exact) mass is 185 g/mol. The van der Waals surface area contributed by atoms with Crippen LogP contribution >= 0.6 is 11.8 Å². The SMILES string of the molecule is O=C(C1=CCCO1)N1CCSC1. The molecule has 1 fully saturated rings. The lowest BCUT2D eigenvalue weighted by molar-refractivity contribution is -0.128. The van der Waals surface area contributed by atoms with E-state index in [0.29, 0.717) is 12.4 Å². The highest BCUT2D eigenvalue weighted by molar-refractivity contribution is 7.99. The van der Waals surface area contributed by atoms with E-state index >= 15 is 0 Å². The Hall–Kier alpha value is -0.640. The molecule has 0 aromatic carbocycles. The summed E-state index contributed by atoms with van der Waals surface area (Å²) in [5, 5.41) is 0. The maximum Gasteiger partial charge on any atom is 0.289 e. The van der Waals surface area contributed by atoms with Gasteiger partial charge in [-0.05, 0) is 6.08 Å². The summed E-state index contributed by atoms with van der Waals surface area (Å²) < 4.78 is 5.19. The third-order valence-corrected chi connectivity index (χ3v) is 2.92. The molecule has 2 aliphatic rings. The highest BCUT2D eigenvalue weighted by atomic mass is 32.2. The number of amides is 1. The predicted octanol–water partition coefficient (Wildman–Crippen LogP) is 0.823. The van der Waals surface area contributed by atoms with Gasteiger partial charge in [0.15, 0.2) is 5.76 Å². The number of thioether (sulfide) groups is 1. The smallest absolute Gasteiger partial charge is 0.289 e. The van der Waals surface area contributed by atoms with E-state index in [4.69, 9.17) is 4.74 Å². The molecule has 12 heavy (non-hydrogen) atoms. The quantitative estimate of drug-likeness (QED) is 0.606. The zero-order valence-corrected chi connectivity index (χ0v) is 7.60. The standard InChI is InChI=1S/C8H11NO2S/c10-8(7-2-1-4-11-7)9-3-5-12-6-9/h2H,1,3-6H2. The molecule has 66 valence electrons. The molecule has 2 aliphatic heterocycles. The number of hydrogen-bond acceptors (Lipinski definition) is 3. The van der Waals surface area contributed by atoms with Gasteiger partial charge in [-0.3, -0.25) is 4.79 Å². The first-order chi connectivity index (χ1) is 5.88. The van der Waals surface area contributed by atoms with E-state index in [-0.39, 0.29) is 5.91 Å². The minimum Gasteiger partial charge on any atom is -0.488 e. The molecule has 0 aliphatic carbocycles. The summed E-state index contributed by atoms with van der Waals surface area (Å²) in [5.74, 6) is 2.49. The van der Waals surface area contributed by atoms with E-state index in [1.54, 1.807) is 11.8 Å². The second-order valence-corrected chi connectivity index (χ2v) is 3.89. The molecule has 0 atom stereocenters. The van der Waals surface area contributed by atoms with Crippen molar-refractivity contribution in [2.45, 2.75) is 6.42 Å². The molecule has 0 unspecified atom stereocenters. The molecule has 2 rings (SSSR count). The zero-order valence-electron chi connectivity index (χ0n) is 6.78. The summed E-state index contributed by atoms with van der Waals surface area (Å²) in [7, 11) is 0. The average Bonchev–Trinajstić information content (AvgIpc) is 2.77. The van der Waals surface area contributed by atoms with Crippen LogP contribution in [-0.4, -0.2) is 35.6 Å². The van der Waals surface area contributed by atoms with E-state index in [9.17, 15) is 4.79 Å². The van der Waals surface area contributed by atoms with Crippen molar-refractivity contribution in [3.63, 3.8) is 0 Å². The van der Waals surface area contributed by atoms with Crippen molar-refractivity contribution in [1.29, 1.82) is 0 Å². The molecule has 0 radical (unpaired) electrons. The van der Waals surface area contributed by atoms with E-state index in [1.165, 1.54) is 0 Å². The molecule has 0 aromatic heterocycles. The zero-order chi connectivity index (χ0) is 8.39. The van der Waals surface area contributed by atoms with Crippen molar-refractivity contribution in [3.8, 4) is 0 Å². The molecule has 2 heterocycles. The van der Waals surface area contributed by atoms with Crippen LogP contribution in [0.2, 0.25) is 0 Å². The Bertz CT molecular complexity index is 221. The van der Waals surface area contributed by atoms with E-state index in [1.807, 2.05) is 11.0 Å². The fraction of sp³-hybridized carbons (Fsp3) is 0.625. The van der Waals surface area contributed by atoms with Gasteiger partial charge >= 0.3 is 0 Å². The normalized spacial score (nSPS) is 22.3. The molecule has 4 heteroatoms. The van der Waals surface area contributed by atoms with Crippen molar-refractivity contribution in [2.75, 3.05) is 24.8 Å². The maximum absolute atomic E-state index is 11.6. The van der Waals surface area contributed by atoms with Gasteiger partial charge < -0.3 is 9.64 Å².